The molecule has 0 spiro atoms. The molecule has 0 saturated heterocycles. The number of ketones is 1. The van der Waals surface area contributed by atoms with Gasteiger partial charge in [-0.3, -0.25) is 14.9 Å². The zero-order chi connectivity index (χ0) is 19.1. The third kappa shape index (κ3) is 12.6. The van der Waals surface area contributed by atoms with E-state index in [-0.39, 0.29) is 19.0 Å². The first-order chi connectivity index (χ1) is 11.9. The molecule has 0 aliphatic heterocycles. The Morgan fingerprint density at radius 3 is 1.76 bits per heavy atom. The number of hydrogen-bond acceptors (Lipinski definition) is 7. The molecule has 0 aromatic carbocycles. The molecule has 9 heteroatoms. The van der Waals surface area contributed by atoms with Gasteiger partial charge in [0.2, 0.25) is 0 Å². The maximum Gasteiger partial charge on any atom is 0.321 e. The summed E-state index contributed by atoms with van der Waals surface area (Å²) in [6.45, 7) is 0.887. The van der Waals surface area contributed by atoms with Gasteiger partial charge in [0.05, 0.1) is 0 Å². The summed E-state index contributed by atoms with van der Waals surface area (Å²) >= 11 is 12.8. The third-order valence-electron chi connectivity index (χ3n) is 3.61. The summed E-state index contributed by atoms with van der Waals surface area (Å²) in [5, 5.41) is 5.23. The van der Waals surface area contributed by atoms with Crippen molar-refractivity contribution in [2.45, 2.75) is 51.0 Å². The summed E-state index contributed by atoms with van der Waals surface area (Å²) in [5.74, 6) is 1.42. The van der Waals surface area contributed by atoms with Gasteiger partial charge in [0, 0.05) is 5.54 Å². The highest BCUT2D eigenvalue weighted by molar-refractivity contribution is 7.80. The smallest absolute Gasteiger partial charge is 0.321 e. The van der Waals surface area contributed by atoms with Gasteiger partial charge in [-0.05, 0) is 62.7 Å². The zero-order valence-corrected chi connectivity index (χ0v) is 17.4. The Morgan fingerprint density at radius 1 is 0.880 bits per heavy atom. The number of amides is 3. The standard InChI is InChI=1S/C16H30N2O4S3/c1-13(19)11-22-12-14(20)17-15(21)18-16(5-2-8-23,6-3-9-24)7-4-10-25/h23-25H,2-12H2,1H3,(H2,17,18,20,21). The van der Waals surface area contributed by atoms with Crippen LogP contribution in [0.4, 0.5) is 4.79 Å². The highest BCUT2D eigenvalue weighted by Crippen LogP contribution is 2.26. The molecule has 6 nitrogen and oxygen atoms in total. The largest absolute Gasteiger partial charge is 0.364 e. The topological polar surface area (TPSA) is 84.5 Å². The molecule has 0 aliphatic carbocycles. The molecule has 0 atom stereocenters. The first-order valence-electron chi connectivity index (χ1n) is 8.41. The van der Waals surface area contributed by atoms with Crippen molar-refractivity contribution < 1.29 is 19.1 Å². The van der Waals surface area contributed by atoms with Crippen LogP contribution in [0.25, 0.3) is 0 Å². The summed E-state index contributed by atoms with van der Waals surface area (Å²) in [6, 6.07) is -0.547. The van der Waals surface area contributed by atoms with Crippen LogP contribution in [0.3, 0.4) is 0 Å². The fourth-order valence-corrected chi connectivity index (χ4v) is 3.01. The monoisotopic (exact) mass is 410 g/mol. The van der Waals surface area contributed by atoms with E-state index in [2.05, 4.69) is 48.5 Å². The third-order valence-corrected chi connectivity index (χ3v) is 4.56. The van der Waals surface area contributed by atoms with E-state index in [4.69, 9.17) is 4.74 Å². The van der Waals surface area contributed by atoms with Crippen LogP contribution in [-0.2, 0) is 14.3 Å². The van der Waals surface area contributed by atoms with Crippen molar-refractivity contribution in [2.24, 2.45) is 0 Å². The van der Waals surface area contributed by atoms with Crippen molar-refractivity contribution in [1.29, 1.82) is 0 Å². The molecule has 0 unspecified atom stereocenters. The zero-order valence-electron chi connectivity index (χ0n) is 14.8. The lowest BCUT2D eigenvalue weighted by atomic mass is 9.84. The van der Waals surface area contributed by atoms with Crippen LogP contribution >= 0.6 is 37.9 Å². The summed E-state index contributed by atoms with van der Waals surface area (Å²) in [6.07, 6.45) is 4.91. The number of ether oxygens (including phenoxy) is 1. The Labute approximate surface area is 166 Å². The molecule has 0 saturated carbocycles. The minimum absolute atomic E-state index is 0.148. The molecule has 0 radical (unpaired) electrons. The van der Waals surface area contributed by atoms with Crippen LogP contribution in [0.1, 0.15) is 45.4 Å². The van der Waals surface area contributed by atoms with Gasteiger partial charge < -0.3 is 10.1 Å². The molecule has 3 amide bonds. The fourth-order valence-electron chi connectivity index (χ4n) is 2.54. The Hall–Kier alpha value is -0.380. The lowest BCUT2D eigenvalue weighted by molar-refractivity contribution is -0.128. The number of rotatable bonds is 14. The van der Waals surface area contributed by atoms with Gasteiger partial charge in [0.1, 0.15) is 13.2 Å². The number of carbonyl (C=O) groups excluding carboxylic acids is 3. The molecular weight excluding hydrogens is 380 g/mol. The van der Waals surface area contributed by atoms with Gasteiger partial charge in [-0.15, -0.1) is 0 Å². The Balaban J connectivity index is 4.73. The minimum atomic E-state index is -0.578. The van der Waals surface area contributed by atoms with E-state index in [0.29, 0.717) is 0 Å². The van der Waals surface area contributed by atoms with Crippen LogP contribution in [0.5, 0.6) is 0 Å². The van der Waals surface area contributed by atoms with Crippen LogP contribution in [-0.4, -0.2) is 53.7 Å². The lowest BCUT2D eigenvalue weighted by Crippen LogP contribution is -2.54. The minimum Gasteiger partial charge on any atom is -0.364 e. The van der Waals surface area contributed by atoms with Crippen molar-refractivity contribution >= 4 is 55.6 Å². The normalized spacial score (nSPS) is 11.2. The van der Waals surface area contributed by atoms with Crippen LogP contribution in [0.15, 0.2) is 0 Å². The quantitative estimate of drug-likeness (QED) is 0.285. The van der Waals surface area contributed by atoms with Crippen molar-refractivity contribution in [3.63, 3.8) is 0 Å². The van der Waals surface area contributed by atoms with E-state index in [9.17, 15) is 14.4 Å². The Kier molecular flexibility index (Phi) is 14.5. The molecule has 0 fully saturated rings. The maximum atomic E-state index is 12.2. The summed E-state index contributed by atoms with van der Waals surface area (Å²) in [7, 11) is 0. The van der Waals surface area contributed by atoms with E-state index in [0.717, 1.165) is 55.8 Å². The predicted octanol–water partition coefficient (Wildman–Crippen LogP) is 2.29. The van der Waals surface area contributed by atoms with Crippen molar-refractivity contribution in [3.8, 4) is 0 Å². The Bertz CT molecular complexity index is 400. The highest BCUT2D eigenvalue weighted by Gasteiger charge is 2.30. The summed E-state index contributed by atoms with van der Waals surface area (Å²) in [5.41, 5.74) is -0.404. The molecule has 146 valence electrons. The van der Waals surface area contributed by atoms with Crippen molar-refractivity contribution in [3.05, 3.63) is 0 Å². The number of Topliss-reactive ketones (excluding diaryl/α,β-unsaturated/α-hetero) is 1. The van der Waals surface area contributed by atoms with Crippen LogP contribution in [0.2, 0.25) is 0 Å². The number of imide groups is 1. The number of carbonyl (C=O) groups is 3. The average Bonchev–Trinajstić information content (AvgIpc) is 2.55. The van der Waals surface area contributed by atoms with Gasteiger partial charge in [-0.1, -0.05) is 0 Å². The molecular formula is C16H30N2O4S3. The number of thiol groups is 3. The molecule has 0 bridgehead atoms. The number of hydrogen-bond donors (Lipinski definition) is 5. The predicted molar refractivity (Wildman–Crippen MR) is 110 cm³/mol. The second kappa shape index (κ2) is 14.8. The van der Waals surface area contributed by atoms with Crippen LogP contribution < -0.4 is 10.6 Å². The van der Waals surface area contributed by atoms with E-state index >= 15 is 0 Å². The van der Waals surface area contributed by atoms with Crippen LogP contribution in [0, 0.1) is 0 Å². The molecule has 0 aliphatic rings. The van der Waals surface area contributed by atoms with Crippen molar-refractivity contribution in [1.82, 2.24) is 10.6 Å². The molecule has 2 N–H and O–H groups in total. The van der Waals surface area contributed by atoms with E-state index in [1.165, 1.54) is 6.92 Å². The van der Waals surface area contributed by atoms with Gasteiger partial charge in [-0.25, -0.2) is 4.79 Å². The van der Waals surface area contributed by atoms with Gasteiger partial charge in [-0.2, -0.15) is 37.9 Å². The average molecular weight is 411 g/mol. The maximum absolute atomic E-state index is 12.2. The van der Waals surface area contributed by atoms with Gasteiger partial charge in [0.25, 0.3) is 5.91 Å². The summed E-state index contributed by atoms with van der Waals surface area (Å²) < 4.78 is 4.91. The van der Waals surface area contributed by atoms with E-state index in [1.807, 2.05) is 0 Å². The molecule has 0 aromatic heterocycles. The summed E-state index contributed by atoms with van der Waals surface area (Å²) in [4.78, 5) is 34.7. The number of urea groups is 1. The van der Waals surface area contributed by atoms with Crippen molar-refractivity contribution in [2.75, 3.05) is 30.5 Å². The molecule has 0 rings (SSSR count). The second-order valence-corrected chi connectivity index (χ2v) is 7.30. The molecule has 0 heterocycles. The SMILES string of the molecule is CC(=O)COCC(=O)NC(=O)NC(CCCS)(CCCS)CCCS. The molecule has 0 aromatic rings. The second-order valence-electron chi connectivity index (χ2n) is 5.96. The fraction of sp³-hybridized carbons (Fsp3) is 0.812. The first kappa shape index (κ1) is 24.6. The van der Waals surface area contributed by atoms with Gasteiger partial charge in [0.15, 0.2) is 5.78 Å². The first-order valence-corrected chi connectivity index (χ1v) is 10.3. The van der Waals surface area contributed by atoms with Gasteiger partial charge >= 0.3 is 6.03 Å². The Morgan fingerprint density at radius 2 is 1.36 bits per heavy atom. The number of nitrogens with one attached hydrogen (secondary N) is 2. The lowest BCUT2D eigenvalue weighted by Gasteiger charge is -2.35. The van der Waals surface area contributed by atoms with E-state index < -0.39 is 17.5 Å². The van der Waals surface area contributed by atoms with E-state index in [1.54, 1.807) is 0 Å². The highest BCUT2D eigenvalue weighted by atomic mass is 32.1. The molecule has 25 heavy (non-hydrogen) atoms.